The van der Waals surface area contributed by atoms with Crippen LogP contribution < -0.4 is 19.9 Å². The highest BCUT2D eigenvalue weighted by Crippen LogP contribution is 2.23. The van der Waals surface area contributed by atoms with E-state index in [1.165, 1.54) is 24.6 Å². The predicted octanol–water partition coefficient (Wildman–Crippen LogP) is 3.33. The monoisotopic (exact) mass is 493 g/mol. The minimum absolute atomic E-state index is 0.150. The van der Waals surface area contributed by atoms with Crippen molar-refractivity contribution in [3.05, 3.63) is 66.4 Å². The highest BCUT2D eigenvalue weighted by molar-refractivity contribution is 7.99. The van der Waals surface area contributed by atoms with Crippen molar-refractivity contribution in [2.45, 2.75) is 5.16 Å². The Labute approximate surface area is 208 Å². The number of piperazine rings is 1. The first kappa shape index (κ1) is 24.3. The van der Waals surface area contributed by atoms with Gasteiger partial charge in [0.05, 0.1) is 25.5 Å². The zero-order valence-corrected chi connectivity index (χ0v) is 20.5. The summed E-state index contributed by atoms with van der Waals surface area (Å²) in [7, 11) is 2.99. The van der Waals surface area contributed by atoms with Gasteiger partial charge in [0.25, 0.3) is 0 Å². The number of nitrogens with one attached hydrogen (secondary N) is 1. The van der Waals surface area contributed by atoms with Crippen molar-refractivity contribution in [3.8, 4) is 5.75 Å². The molecule has 10 heteroatoms. The number of hydrogen-bond acceptors (Lipinski definition) is 9. The number of hydrogen-bond donors (Lipinski definition) is 1. The highest BCUT2D eigenvalue weighted by atomic mass is 32.2. The van der Waals surface area contributed by atoms with Gasteiger partial charge < -0.3 is 24.6 Å². The summed E-state index contributed by atoms with van der Waals surface area (Å²) in [4.78, 5) is 37.6. The van der Waals surface area contributed by atoms with Crippen molar-refractivity contribution in [2.75, 3.05) is 61.3 Å². The molecule has 2 aromatic carbocycles. The second-order valence-electron chi connectivity index (χ2n) is 7.78. The molecular formula is C25H27N5O4S. The van der Waals surface area contributed by atoms with Gasteiger partial charge in [-0.2, -0.15) is 0 Å². The second-order valence-corrected chi connectivity index (χ2v) is 8.72. The topological polar surface area (TPSA) is 96.9 Å². The molecule has 9 nitrogen and oxygen atoms in total. The summed E-state index contributed by atoms with van der Waals surface area (Å²) in [5, 5.41) is 3.33. The van der Waals surface area contributed by atoms with Gasteiger partial charge in [-0.15, -0.1) is 0 Å². The molecule has 0 saturated carbocycles. The number of thioether (sulfide) groups is 1. The quantitative estimate of drug-likeness (QED) is 0.288. The largest absolute Gasteiger partial charge is 0.497 e. The predicted molar refractivity (Wildman–Crippen MR) is 137 cm³/mol. The summed E-state index contributed by atoms with van der Waals surface area (Å²) < 4.78 is 9.96. The number of benzene rings is 2. The van der Waals surface area contributed by atoms with Crippen LogP contribution in [0.3, 0.4) is 0 Å². The molecule has 35 heavy (non-hydrogen) atoms. The minimum Gasteiger partial charge on any atom is -0.497 e. The van der Waals surface area contributed by atoms with E-state index >= 15 is 0 Å². The first-order chi connectivity index (χ1) is 17.1. The number of anilines is 3. The van der Waals surface area contributed by atoms with E-state index in [0.29, 0.717) is 16.4 Å². The lowest BCUT2D eigenvalue weighted by molar-refractivity contribution is -0.113. The van der Waals surface area contributed by atoms with Gasteiger partial charge in [-0.3, -0.25) is 4.79 Å². The van der Waals surface area contributed by atoms with Crippen molar-refractivity contribution in [3.63, 3.8) is 0 Å². The van der Waals surface area contributed by atoms with Gasteiger partial charge in [-0.1, -0.05) is 17.8 Å². The molecule has 2 heterocycles. The Morgan fingerprint density at radius 3 is 2.46 bits per heavy atom. The Kier molecular flexibility index (Phi) is 8.04. The normalized spacial score (nSPS) is 13.3. The van der Waals surface area contributed by atoms with Gasteiger partial charge in [0.2, 0.25) is 5.91 Å². The summed E-state index contributed by atoms with van der Waals surface area (Å²) in [5.74, 6) is 1.19. The fourth-order valence-corrected chi connectivity index (χ4v) is 4.36. The van der Waals surface area contributed by atoms with Gasteiger partial charge in [0.15, 0.2) is 5.16 Å². The van der Waals surface area contributed by atoms with E-state index in [1.54, 1.807) is 37.6 Å². The first-order valence-electron chi connectivity index (χ1n) is 11.1. The Morgan fingerprint density at radius 1 is 1.00 bits per heavy atom. The summed E-state index contributed by atoms with van der Waals surface area (Å²) in [5.41, 5.74) is 2.08. The molecule has 1 amide bonds. The molecule has 182 valence electrons. The van der Waals surface area contributed by atoms with Gasteiger partial charge in [-0.05, 0) is 48.5 Å². The van der Waals surface area contributed by atoms with Crippen LogP contribution in [0.1, 0.15) is 10.4 Å². The average Bonchev–Trinajstić information content (AvgIpc) is 2.92. The molecule has 1 fully saturated rings. The molecule has 0 spiro atoms. The molecule has 0 atom stereocenters. The molecule has 1 aromatic heterocycles. The van der Waals surface area contributed by atoms with Crippen molar-refractivity contribution in [1.29, 1.82) is 0 Å². The van der Waals surface area contributed by atoms with Gasteiger partial charge in [0, 0.05) is 43.8 Å². The van der Waals surface area contributed by atoms with Crippen LogP contribution in [-0.4, -0.2) is 68.0 Å². The number of nitrogens with zero attached hydrogens (tertiary/aromatic N) is 4. The maximum absolute atomic E-state index is 12.4. The average molecular weight is 494 g/mol. The number of carbonyl (C=O) groups excluding carboxylic acids is 2. The van der Waals surface area contributed by atoms with Crippen LogP contribution in [0.4, 0.5) is 17.2 Å². The standard InChI is InChI=1S/C25H27N5O4S/c1-33-21-8-6-20(7-9-21)29-12-14-30(15-13-29)22-10-11-26-25(28-22)35-17-23(31)27-19-5-3-4-18(16-19)24(32)34-2/h3-11,16H,12-15,17H2,1-2H3,(H,27,31). The van der Waals surface area contributed by atoms with E-state index in [4.69, 9.17) is 9.47 Å². The molecule has 1 N–H and O–H groups in total. The fourth-order valence-electron chi connectivity index (χ4n) is 3.73. The van der Waals surface area contributed by atoms with E-state index in [1.807, 2.05) is 18.2 Å². The lowest BCUT2D eigenvalue weighted by atomic mass is 10.2. The Balaban J connectivity index is 1.29. The number of rotatable bonds is 8. The van der Waals surface area contributed by atoms with Crippen molar-refractivity contribution in [2.24, 2.45) is 0 Å². The van der Waals surface area contributed by atoms with Crippen LogP contribution >= 0.6 is 11.8 Å². The van der Waals surface area contributed by atoms with Crippen molar-refractivity contribution < 1.29 is 19.1 Å². The lowest BCUT2D eigenvalue weighted by Crippen LogP contribution is -2.46. The van der Waals surface area contributed by atoms with Gasteiger partial charge >= 0.3 is 5.97 Å². The summed E-state index contributed by atoms with van der Waals surface area (Å²) in [6.45, 7) is 3.44. The third-order valence-electron chi connectivity index (χ3n) is 5.56. The number of amides is 1. The first-order valence-corrected chi connectivity index (χ1v) is 12.1. The van der Waals surface area contributed by atoms with E-state index in [9.17, 15) is 9.59 Å². The summed E-state index contributed by atoms with van der Waals surface area (Å²) in [6.07, 6.45) is 1.72. The lowest BCUT2D eigenvalue weighted by Gasteiger charge is -2.36. The van der Waals surface area contributed by atoms with Crippen molar-refractivity contribution in [1.82, 2.24) is 9.97 Å². The number of aromatic nitrogens is 2. The molecular weight excluding hydrogens is 466 g/mol. The molecule has 0 unspecified atom stereocenters. The SMILES string of the molecule is COC(=O)c1cccc(NC(=O)CSc2nccc(N3CCN(c4ccc(OC)cc4)CC3)n2)c1. The Bertz CT molecular complexity index is 1170. The Morgan fingerprint density at radius 2 is 1.74 bits per heavy atom. The minimum atomic E-state index is -0.453. The van der Waals surface area contributed by atoms with E-state index in [0.717, 1.165) is 37.7 Å². The van der Waals surface area contributed by atoms with E-state index in [-0.39, 0.29) is 11.7 Å². The molecule has 1 saturated heterocycles. The smallest absolute Gasteiger partial charge is 0.337 e. The molecule has 0 aliphatic carbocycles. The summed E-state index contributed by atoms with van der Waals surface area (Å²) in [6, 6.07) is 16.6. The number of ether oxygens (including phenoxy) is 2. The molecule has 3 aromatic rings. The third-order valence-corrected chi connectivity index (χ3v) is 6.42. The van der Waals surface area contributed by atoms with Gasteiger partial charge in [0.1, 0.15) is 11.6 Å². The fraction of sp³-hybridized carbons (Fsp3) is 0.280. The van der Waals surface area contributed by atoms with E-state index in [2.05, 4.69) is 37.2 Å². The molecule has 1 aliphatic heterocycles. The van der Waals surface area contributed by atoms with Crippen LogP contribution in [0, 0.1) is 0 Å². The van der Waals surface area contributed by atoms with E-state index < -0.39 is 5.97 Å². The second kappa shape index (κ2) is 11.6. The zero-order valence-electron chi connectivity index (χ0n) is 19.6. The van der Waals surface area contributed by atoms with Crippen LogP contribution in [0.25, 0.3) is 0 Å². The van der Waals surface area contributed by atoms with Crippen LogP contribution in [0.2, 0.25) is 0 Å². The van der Waals surface area contributed by atoms with Gasteiger partial charge in [-0.25, -0.2) is 14.8 Å². The summed E-state index contributed by atoms with van der Waals surface area (Å²) >= 11 is 1.27. The van der Waals surface area contributed by atoms with Crippen LogP contribution in [0.5, 0.6) is 5.75 Å². The van der Waals surface area contributed by atoms with Crippen molar-refractivity contribution >= 4 is 40.8 Å². The maximum Gasteiger partial charge on any atom is 0.337 e. The molecule has 1 aliphatic rings. The zero-order chi connectivity index (χ0) is 24.6. The highest BCUT2D eigenvalue weighted by Gasteiger charge is 2.19. The Hall–Kier alpha value is -3.79. The number of methoxy groups -OCH3 is 2. The number of carbonyl (C=O) groups is 2. The number of esters is 1. The van der Waals surface area contributed by atoms with Crippen LogP contribution in [-0.2, 0) is 9.53 Å². The molecule has 0 radical (unpaired) electrons. The maximum atomic E-state index is 12.4. The molecule has 0 bridgehead atoms. The third kappa shape index (κ3) is 6.42. The van der Waals surface area contributed by atoms with Crippen LogP contribution in [0.15, 0.2) is 66.0 Å². The molecule has 4 rings (SSSR count).